The van der Waals surface area contributed by atoms with E-state index in [1.807, 2.05) is 12.1 Å². The van der Waals surface area contributed by atoms with E-state index in [0.717, 1.165) is 38.5 Å². The van der Waals surface area contributed by atoms with Crippen LogP contribution in [0.3, 0.4) is 0 Å². The lowest BCUT2D eigenvalue weighted by atomic mass is 10.2. The molecule has 0 radical (unpaired) electrons. The van der Waals surface area contributed by atoms with Gasteiger partial charge in [0.15, 0.2) is 4.77 Å². The normalized spacial score (nSPS) is 15.1. The summed E-state index contributed by atoms with van der Waals surface area (Å²) < 4.78 is 7.28. The van der Waals surface area contributed by atoms with Crippen molar-refractivity contribution in [3.63, 3.8) is 0 Å². The van der Waals surface area contributed by atoms with Crippen molar-refractivity contribution in [2.75, 3.05) is 44.7 Å². The molecule has 1 saturated heterocycles. The maximum atomic E-state index is 12.7. The van der Waals surface area contributed by atoms with Crippen LogP contribution in [0.5, 0.6) is 5.75 Å². The lowest BCUT2D eigenvalue weighted by molar-refractivity contribution is 0.246. The molecule has 4 rings (SSSR count). The van der Waals surface area contributed by atoms with Crippen molar-refractivity contribution in [1.29, 1.82) is 0 Å². The lowest BCUT2D eigenvalue weighted by Gasteiger charge is -2.36. The summed E-state index contributed by atoms with van der Waals surface area (Å²) in [5.74, 6) is 0.870. The first-order valence-corrected chi connectivity index (χ1v) is 9.76. The molecule has 3 heterocycles. The van der Waals surface area contributed by atoms with E-state index in [0.29, 0.717) is 22.3 Å². The standard InChI is InChI=1S/C20H23N5O2S/c1-27-16-6-4-15(5-7-16)24-12-9-23(10-13-24)11-14-25-19(26)17-3-2-8-21-18(17)22-20(25)28/h2-8H,9-14H2,1H3,(H,21,22,28). The van der Waals surface area contributed by atoms with Crippen molar-refractivity contribution in [2.45, 2.75) is 6.54 Å². The number of pyridine rings is 1. The number of fused-ring (bicyclic) bond motifs is 1. The molecule has 1 aliphatic heterocycles. The van der Waals surface area contributed by atoms with E-state index in [-0.39, 0.29) is 5.56 Å². The predicted molar refractivity (Wildman–Crippen MR) is 113 cm³/mol. The summed E-state index contributed by atoms with van der Waals surface area (Å²) in [7, 11) is 1.68. The van der Waals surface area contributed by atoms with Crippen molar-refractivity contribution in [1.82, 2.24) is 19.4 Å². The third kappa shape index (κ3) is 3.79. The molecule has 0 spiro atoms. The molecular formula is C20H23N5O2S. The van der Waals surface area contributed by atoms with Gasteiger partial charge in [0.25, 0.3) is 5.56 Å². The van der Waals surface area contributed by atoms with Gasteiger partial charge in [-0.15, -0.1) is 0 Å². The first-order chi connectivity index (χ1) is 13.7. The maximum absolute atomic E-state index is 12.7. The molecule has 1 aromatic carbocycles. The van der Waals surface area contributed by atoms with E-state index in [1.165, 1.54) is 5.69 Å². The van der Waals surface area contributed by atoms with Gasteiger partial charge >= 0.3 is 0 Å². The van der Waals surface area contributed by atoms with Gasteiger partial charge in [0.1, 0.15) is 11.4 Å². The molecule has 0 atom stereocenters. The summed E-state index contributed by atoms with van der Waals surface area (Å²) in [6.07, 6.45) is 1.65. The van der Waals surface area contributed by atoms with Crippen LogP contribution in [0, 0.1) is 4.77 Å². The summed E-state index contributed by atoms with van der Waals surface area (Å²) >= 11 is 5.37. The largest absolute Gasteiger partial charge is 0.497 e. The monoisotopic (exact) mass is 397 g/mol. The molecule has 8 heteroatoms. The van der Waals surface area contributed by atoms with E-state index in [1.54, 1.807) is 30.0 Å². The highest BCUT2D eigenvalue weighted by Gasteiger charge is 2.17. The molecule has 1 fully saturated rings. The second-order valence-corrected chi connectivity index (χ2v) is 7.20. The summed E-state index contributed by atoms with van der Waals surface area (Å²) in [6.45, 7) is 5.17. The average molecular weight is 398 g/mol. The zero-order valence-electron chi connectivity index (χ0n) is 15.8. The van der Waals surface area contributed by atoms with Crippen LogP contribution in [0.25, 0.3) is 11.0 Å². The number of hydrogen-bond donors (Lipinski definition) is 1. The topological polar surface area (TPSA) is 66.4 Å². The number of nitrogens with one attached hydrogen (secondary N) is 1. The van der Waals surface area contributed by atoms with Gasteiger partial charge in [-0.1, -0.05) is 0 Å². The second kappa shape index (κ2) is 8.12. The average Bonchev–Trinajstić information content (AvgIpc) is 2.74. The quantitative estimate of drug-likeness (QED) is 0.667. The Kier molecular flexibility index (Phi) is 5.40. The Morgan fingerprint density at radius 3 is 2.57 bits per heavy atom. The first-order valence-electron chi connectivity index (χ1n) is 9.35. The molecule has 146 valence electrons. The number of rotatable bonds is 5. The minimum absolute atomic E-state index is 0.0799. The molecule has 1 aliphatic rings. The number of ether oxygens (including phenoxy) is 1. The fourth-order valence-corrected chi connectivity index (χ4v) is 3.82. The number of H-pyrrole nitrogens is 1. The van der Waals surface area contributed by atoms with Crippen LogP contribution < -0.4 is 15.2 Å². The van der Waals surface area contributed by atoms with Crippen molar-refractivity contribution >= 4 is 28.9 Å². The van der Waals surface area contributed by atoms with Crippen LogP contribution in [0.15, 0.2) is 47.4 Å². The molecule has 28 heavy (non-hydrogen) atoms. The van der Waals surface area contributed by atoms with E-state index in [2.05, 4.69) is 31.9 Å². The molecule has 3 aromatic rings. The Bertz CT molecular complexity index is 1070. The molecular weight excluding hydrogens is 374 g/mol. The van der Waals surface area contributed by atoms with Crippen LogP contribution >= 0.6 is 12.2 Å². The van der Waals surface area contributed by atoms with Crippen LogP contribution in [0.4, 0.5) is 5.69 Å². The number of piperazine rings is 1. The van der Waals surface area contributed by atoms with Gasteiger partial charge in [-0.25, -0.2) is 4.98 Å². The van der Waals surface area contributed by atoms with Gasteiger partial charge < -0.3 is 14.6 Å². The zero-order valence-corrected chi connectivity index (χ0v) is 16.6. The highest BCUT2D eigenvalue weighted by Crippen LogP contribution is 2.20. The molecule has 0 amide bonds. The van der Waals surface area contributed by atoms with Crippen LogP contribution in [-0.4, -0.2) is 59.3 Å². The van der Waals surface area contributed by atoms with Crippen molar-refractivity contribution in [2.24, 2.45) is 0 Å². The van der Waals surface area contributed by atoms with E-state index >= 15 is 0 Å². The van der Waals surface area contributed by atoms with E-state index in [9.17, 15) is 4.79 Å². The van der Waals surface area contributed by atoms with Crippen molar-refractivity contribution in [3.8, 4) is 5.75 Å². The number of hydrogen-bond acceptors (Lipinski definition) is 6. The number of anilines is 1. The Morgan fingerprint density at radius 2 is 1.86 bits per heavy atom. The van der Waals surface area contributed by atoms with Gasteiger partial charge in [0.05, 0.1) is 12.5 Å². The van der Waals surface area contributed by atoms with Gasteiger partial charge in [-0.2, -0.15) is 0 Å². The van der Waals surface area contributed by atoms with Crippen LogP contribution in [0.1, 0.15) is 0 Å². The highest BCUT2D eigenvalue weighted by molar-refractivity contribution is 7.71. The van der Waals surface area contributed by atoms with Crippen molar-refractivity contribution < 1.29 is 4.74 Å². The summed E-state index contributed by atoms with van der Waals surface area (Å²) in [5, 5.41) is 0.570. The Balaban J connectivity index is 1.39. The van der Waals surface area contributed by atoms with Gasteiger partial charge in [-0.05, 0) is 48.6 Å². The van der Waals surface area contributed by atoms with Crippen LogP contribution in [0.2, 0.25) is 0 Å². The molecule has 0 saturated carbocycles. The van der Waals surface area contributed by atoms with Gasteiger partial charge in [-0.3, -0.25) is 14.3 Å². The molecule has 0 aliphatic carbocycles. The second-order valence-electron chi connectivity index (χ2n) is 6.81. The smallest absolute Gasteiger partial charge is 0.263 e. The molecule has 7 nitrogen and oxygen atoms in total. The first kappa shape index (κ1) is 18.6. The summed E-state index contributed by atoms with van der Waals surface area (Å²) in [6, 6.07) is 11.7. The Hall–Kier alpha value is -2.71. The van der Waals surface area contributed by atoms with E-state index < -0.39 is 0 Å². The molecule has 2 aromatic heterocycles. The number of aromatic nitrogens is 3. The minimum Gasteiger partial charge on any atom is -0.497 e. The Morgan fingerprint density at radius 1 is 1.11 bits per heavy atom. The zero-order chi connectivity index (χ0) is 19.5. The van der Waals surface area contributed by atoms with Gasteiger partial charge in [0, 0.05) is 51.2 Å². The third-order valence-corrected chi connectivity index (χ3v) is 5.53. The number of nitrogens with zero attached hydrogens (tertiary/aromatic N) is 4. The fraction of sp³-hybridized carbons (Fsp3) is 0.350. The Labute approximate surface area is 168 Å². The third-order valence-electron chi connectivity index (χ3n) is 5.20. The number of benzene rings is 1. The molecule has 0 bridgehead atoms. The van der Waals surface area contributed by atoms with Gasteiger partial charge in [0.2, 0.25) is 0 Å². The van der Waals surface area contributed by atoms with Crippen molar-refractivity contribution in [3.05, 3.63) is 57.7 Å². The lowest BCUT2D eigenvalue weighted by Crippen LogP contribution is -2.47. The summed E-state index contributed by atoms with van der Waals surface area (Å²) in [4.78, 5) is 24.7. The predicted octanol–water partition coefficient (Wildman–Crippen LogP) is 2.28. The summed E-state index contributed by atoms with van der Waals surface area (Å²) in [5.41, 5.74) is 1.67. The highest BCUT2D eigenvalue weighted by atomic mass is 32.1. The molecule has 1 N–H and O–H groups in total. The number of methoxy groups -OCH3 is 1. The fourth-order valence-electron chi connectivity index (χ4n) is 3.55. The SMILES string of the molecule is COc1ccc(N2CCN(CCn3c(=S)[nH]c4ncccc4c3=O)CC2)cc1. The maximum Gasteiger partial charge on any atom is 0.263 e. The number of aromatic amines is 1. The molecule has 0 unspecified atom stereocenters. The van der Waals surface area contributed by atoms with E-state index in [4.69, 9.17) is 17.0 Å². The van der Waals surface area contributed by atoms with Crippen LogP contribution in [-0.2, 0) is 6.54 Å². The minimum atomic E-state index is -0.0799.